The Hall–Kier alpha value is -0.560. The molecule has 4 aliphatic rings. The summed E-state index contributed by atoms with van der Waals surface area (Å²) in [5.74, 6) is 2.62. The average Bonchev–Trinajstić information content (AvgIpc) is 2.85. The summed E-state index contributed by atoms with van der Waals surface area (Å²) in [6.45, 7) is 6.66. The van der Waals surface area contributed by atoms with E-state index in [-0.39, 0.29) is 16.7 Å². The van der Waals surface area contributed by atoms with Crippen LogP contribution < -0.4 is 0 Å². The molecule has 2 saturated carbocycles. The van der Waals surface area contributed by atoms with Gasteiger partial charge in [0.15, 0.2) is 0 Å². The summed E-state index contributed by atoms with van der Waals surface area (Å²) in [4.78, 5) is 12.2. The van der Waals surface area contributed by atoms with Gasteiger partial charge < -0.3 is 0 Å². The van der Waals surface area contributed by atoms with Gasteiger partial charge in [-0.15, -0.1) is 0 Å². The molecular formula is C21H29ClO. The van der Waals surface area contributed by atoms with Gasteiger partial charge in [-0.05, 0) is 86.0 Å². The highest BCUT2D eigenvalue weighted by molar-refractivity contribution is 6.32. The molecule has 0 aromatic rings. The minimum absolute atomic E-state index is 0.201. The van der Waals surface area contributed by atoms with Gasteiger partial charge >= 0.3 is 0 Å². The summed E-state index contributed by atoms with van der Waals surface area (Å²) >= 11 is 6.76. The first-order chi connectivity index (χ1) is 10.9. The summed E-state index contributed by atoms with van der Waals surface area (Å²) in [7, 11) is 0. The first kappa shape index (κ1) is 15.9. The van der Waals surface area contributed by atoms with Crippen molar-refractivity contribution in [2.45, 2.75) is 65.7 Å². The van der Waals surface area contributed by atoms with Crippen LogP contribution in [-0.4, -0.2) is 5.78 Å². The Morgan fingerprint density at radius 1 is 1.17 bits per heavy atom. The number of hydrogen-bond acceptors (Lipinski definition) is 1. The molecule has 4 aliphatic carbocycles. The quantitative estimate of drug-likeness (QED) is 0.585. The van der Waals surface area contributed by atoms with Crippen LogP contribution in [0.25, 0.3) is 0 Å². The Bertz CT molecular complexity index is 603. The van der Waals surface area contributed by atoms with Crippen LogP contribution >= 0.6 is 11.6 Å². The Morgan fingerprint density at radius 3 is 2.70 bits per heavy atom. The summed E-state index contributed by atoms with van der Waals surface area (Å²) in [5.41, 5.74) is 1.90. The predicted molar refractivity (Wildman–Crippen MR) is 95.2 cm³/mol. The van der Waals surface area contributed by atoms with Crippen LogP contribution in [0.4, 0.5) is 0 Å². The van der Waals surface area contributed by atoms with Gasteiger partial charge in [-0.2, -0.15) is 0 Å². The highest BCUT2D eigenvalue weighted by atomic mass is 35.5. The second kappa shape index (κ2) is 5.22. The molecule has 126 valence electrons. The summed E-state index contributed by atoms with van der Waals surface area (Å²) in [6, 6.07) is 0. The van der Waals surface area contributed by atoms with Crippen LogP contribution in [0.15, 0.2) is 22.8 Å². The zero-order chi connectivity index (χ0) is 16.4. The lowest BCUT2D eigenvalue weighted by Gasteiger charge is -2.56. The second-order valence-corrected chi connectivity index (χ2v) is 9.42. The maximum Gasteiger partial charge on any atom is 0.133 e. The minimum atomic E-state index is 0.201. The molecule has 1 nitrogen and oxygen atoms in total. The molecule has 0 amide bonds. The Balaban J connectivity index is 1.76. The van der Waals surface area contributed by atoms with E-state index < -0.39 is 0 Å². The first-order valence-electron chi connectivity index (χ1n) is 9.47. The van der Waals surface area contributed by atoms with E-state index in [9.17, 15) is 4.79 Å². The number of rotatable bonds is 1. The molecule has 0 radical (unpaired) electrons. The fourth-order valence-electron chi connectivity index (χ4n) is 6.94. The van der Waals surface area contributed by atoms with E-state index >= 15 is 0 Å². The van der Waals surface area contributed by atoms with Crippen molar-refractivity contribution in [3.63, 3.8) is 0 Å². The molecule has 0 N–H and O–H groups in total. The van der Waals surface area contributed by atoms with E-state index in [1.807, 2.05) is 0 Å². The third-order valence-electron chi connectivity index (χ3n) is 8.10. The maximum atomic E-state index is 12.2. The molecule has 6 atom stereocenters. The molecular weight excluding hydrogens is 304 g/mol. The van der Waals surface area contributed by atoms with Gasteiger partial charge in [-0.1, -0.05) is 37.6 Å². The molecule has 0 spiro atoms. The monoisotopic (exact) mass is 332 g/mol. The lowest BCUT2D eigenvalue weighted by Crippen LogP contribution is -2.49. The van der Waals surface area contributed by atoms with Gasteiger partial charge in [0.2, 0.25) is 0 Å². The predicted octanol–water partition coefficient (Wildman–Crippen LogP) is 5.89. The standard InChI is InChI=1S/C21H29ClO/c1-13(23)15-7-8-16-14-12-19(22)18-6-4-5-10-20(18,2)17(14)9-11-21(15,16)3/h6,12,14-17H,4-5,7-11H2,1-3H3/t14-,15+,16-,17-,20+,21+/m0/s1. The number of allylic oxidation sites excluding steroid dienone is 4. The second-order valence-electron chi connectivity index (χ2n) is 9.02. The fraction of sp³-hybridized carbons (Fsp3) is 0.762. The van der Waals surface area contributed by atoms with Gasteiger partial charge in [-0.3, -0.25) is 4.79 Å². The third-order valence-corrected chi connectivity index (χ3v) is 8.43. The SMILES string of the molecule is CC(=O)[C@H]1CC[C@H]2[C@@H]3C=C(Cl)C4=CCCC[C@]4(C)[C@H]3CC[C@]12C. The fourth-order valence-corrected chi connectivity index (χ4v) is 7.37. The molecule has 0 heterocycles. The molecule has 4 rings (SSSR count). The maximum absolute atomic E-state index is 12.2. The van der Waals surface area contributed by atoms with Crippen molar-refractivity contribution < 1.29 is 4.79 Å². The molecule has 0 saturated heterocycles. The van der Waals surface area contributed by atoms with Crippen LogP contribution in [0.2, 0.25) is 0 Å². The van der Waals surface area contributed by atoms with Crippen molar-refractivity contribution in [1.29, 1.82) is 0 Å². The first-order valence-corrected chi connectivity index (χ1v) is 9.84. The van der Waals surface area contributed by atoms with Gasteiger partial charge in [0.05, 0.1) is 0 Å². The van der Waals surface area contributed by atoms with E-state index in [1.54, 1.807) is 6.92 Å². The molecule has 0 aromatic heterocycles. The van der Waals surface area contributed by atoms with Crippen LogP contribution in [0, 0.1) is 34.5 Å². The molecule has 2 fully saturated rings. The zero-order valence-corrected chi connectivity index (χ0v) is 15.5. The lowest BCUT2D eigenvalue weighted by molar-refractivity contribution is -0.126. The van der Waals surface area contributed by atoms with Crippen LogP contribution in [-0.2, 0) is 4.79 Å². The number of carbonyl (C=O) groups excluding carboxylic acids is 1. The normalized spacial score (nSPS) is 48.7. The molecule has 0 bridgehead atoms. The van der Waals surface area contributed by atoms with Crippen molar-refractivity contribution in [1.82, 2.24) is 0 Å². The molecule has 2 heteroatoms. The average molecular weight is 333 g/mol. The summed E-state index contributed by atoms with van der Waals surface area (Å²) < 4.78 is 0. The zero-order valence-electron chi connectivity index (χ0n) is 14.7. The van der Waals surface area contributed by atoms with Crippen molar-refractivity contribution in [2.75, 3.05) is 0 Å². The Labute approximate surface area is 145 Å². The van der Waals surface area contributed by atoms with Crippen molar-refractivity contribution in [3.05, 3.63) is 22.8 Å². The molecule has 23 heavy (non-hydrogen) atoms. The smallest absolute Gasteiger partial charge is 0.133 e. The summed E-state index contributed by atoms with van der Waals surface area (Å²) in [6.07, 6.45) is 13.3. The molecule has 0 aliphatic heterocycles. The van der Waals surface area contributed by atoms with Gasteiger partial charge in [0.25, 0.3) is 0 Å². The topological polar surface area (TPSA) is 17.1 Å². The highest BCUT2D eigenvalue weighted by Gasteiger charge is 2.59. The van der Waals surface area contributed by atoms with E-state index in [1.165, 1.54) is 44.1 Å². The number of hydrogen-bond donors (Lipinski definition) is 0. The van der Waals surface area contributed by atoms with E-state index in [4.69, 9.17) is 11.6 Å². The number of Topliss-reactive ketones (excluding diaryl/α,β-unsaturated/α-hetero) is 1. The number of halogens is 1. The van der Waals surface area contributed by atoms with Crippen molar-refractivity contribution in [2.24, 2.45) is 34.5 Å². The van der Waals surface area contributed by atoms with Gasteiger partial charge in [-0.25, -0.2) is 0 Å². The van der Waals surface area contributed by atoms with Crippen LogP contribution in [0.1, 0.15) is 65.7 Å². The van der Waals surface area contributed by atoms with Crippen LogP contribution in [0.5, 0.6) is 0 Å². The number of ketones is 1. The molecule has 0 unspecified atom stereocenters. The van der Waals surface area contributed by atoms with Crippen LogP contribution in [0.3, 0.4) is 0 Å². The van der Waals surface area contributed by atoms with E-state index in [2.05, 4.69) is 26.0 Å². The van der Waals surface area contributed by atoms with E-state index in [0.717, 1.165) is 17.4 Å². The Morgan fingerprint density at radius 2 is 1.96 bits per heavy atom. The van der Waals surface area contributed by atoms with Crippen molar-refractivity contribution in [3.8, 4) is 0 Å². The number of carbonyl (C=O) groups is 1. The van der Waals surface area contributed by atoms with E-state index in [0.29, 0.717) is 17.6 Å². The van der Waals surface area contributed by atoms with Gasteiger partial charge in [0, 0.05) is 11.0 Å². The lowest BCUT2D eigenvalue weighted by atomic mass is 9.48. The third kappa shape index (κ3) is 2.08. The largest absolute Gasteiger partial charge is 0.300 e. The minimum Gasteiger partial charge on any atom is -0.300 e. The Kier molecular flexibility index (Phi) is 3.61. The van der Waals surface area contributed by atoms with Gasteiger partial charge in [0.1, 0.15) is 5.78 Å². The summed E-state index contributed by atoms with van der Waals surface area (Å²) in [5, 5.41) is 1.02. The highest BCUT2D eigenvalue weighted by Crippen LogP contribution is 2.66. The molecule has 0 aromatic carbocycles. The number of fused-ring (bicyclic) bond motifs is 5. The van der Waals surface area contributed by atoms with Crippen molar-refractivity contribution >= 4 is 17.4 Å².